The van der Waals surface area contributed by atoms with Gasteiger partial charge in [0.05, 0.1) is 11.2 Å². The Kier molecular flexibility index (Phi) is 5.30. The highest BCUT2D eigenvalue weighted by Gasteiger charge is 2.09. The van der Waals surface area contributed by atoms with Crippen LogP contribution in [0.1, 0.15) is 16.0 Å². The van der Waals surface area contributed by atoms with Crippen LogP contribution in [0.2, 0.25) is 0 Å². The van der Waals surface area contributed by atoms with Gasteiger partial charge in [0, 0.05) is 6.54 Å². The molecule has 0 radical (unpaired) electrons. The van der Waals surface area contributed by atoms with E-state index in [4.69, 9.17) is 0 Å². The first-order valence-electron chi connectivity index (χ1n) is 6.35. The van der Waals surface area contributed by atoms with E-state index in [2.05, 4.69) is 21.2 Å². The van der Waals surface area contributed by atoms with Crippen LogP contribution in [-0.2, 0) is 11.2 Å². The number of alkyl halides is 1. The average Bonchev–Trinajstić information content (AvgIpc) is 2.46. The molecule has 1 unspecified atom stereocenters. The summed E-state index contributed by atoms with van der Waals surface area (Å²) >= 11 is 3.54. The Morgan fingerprint density at radius 3 is 2.60 bits per heavy atom. The molecule has 0 saturated heterocycles. The Labute approximate surface area is 126 Å². The molecular weight excluding hydrogens is 321 g/mol. The second kappa shape index (κ2) is 7.20. The van der Waals surface area contributed by atoms with Crippen molar-refractivity contribution < 1.29 is 9.18 Å². The van der Waals surface area contributed by atoms with Gasteiger partial charge in [0.15, 0.2) is 0 Å². The summed E-state index contributed by atoms with van der Waals surface area (Å²) in [7, 11) is 0. The number of carbonyl (C=O) groups is 1. The molecule has 0 aliphatic heterocycles. The van der Waals surface area contributed by atoms with Gasteiger partial charge in [0.25, 0.3) is 0 Å². The van der Waals surface area contributed by atoms with Crippen LogP contribution in [0.5, 0.6) is 0 Å². The van der Waals surface area contributed by atoms with Crippen LogP contribution in [0.25, 0.3) is 0 Å². The topological polar surface area (TPSA) is 29.1 Å². The van der Waals surface area contributed by atoms with E-state index in [-0.39, 0.29) is 23.0 Å². The van der Waals surface area contributed by atoms with E-state index in [1.54, 1.807) is 12.1 Å². The maximum absolute atomic E-state index is 13.0. The van der Waals surface area contributed by atoms with E-state index in [1.165, 1.54) is 12.1 Å². The van der Waals surface area contributed by atoms with Crippen molar-refractivity contribution in [2.45, 2.75) is 11.2 Å². The average molecular weight is 336 g/mol. The number of rotatable bonds is 5. The third kappa shape index (κ3) is 4.46. The summed E-state index contributed by atoms with van der Waals surface area (Å²) < 4.78 is 13.0. The first kappa shape index (κ1) is 14.7. The minimum atomic E-state index is -0.321. The lowest BCUT2D eigenvalue weighted by Gasteiger charge is -2.11. The van der Waals surface area contributed by atoms with Crippen LogP contribution < -0.4 is 5.32 Å². The second-order valence-corrected chi connectivity index (χ2v) is 5.59. The molecule has 0 heterocycles. The van der Waals surface area contributed by atoms with Gasteiger partial charge in [-0.1, -0.05) is 58.4 Å². The Bertz CT molecular complexity index is 574. The molecule has 1 amide bonds. The summed E-state index contributed by atoms with van der Waals surface area (Å²) in [5.74, 6) is -0.436. The molecule has 0 fully saturated rings. The molecule has 0 spiro atoms. The van der Waals surface area contributed by atoms with Crippen LogP contribution in [0.4, 0.5) is 4.39 Å². The molecule has 2 rings (SSSR count). The summed E-state index contributed by atoms with van der Waals surface area (Å²) in [6.07, 6.45) is 0.187. The maximum atomic E-state index is 13.0. The van der Waals surface area contributed by atoms with Crippen molar-refractivity contribution in [3.05, 3.63) is 71.5 Å². The fraction of sp³-hybridized carbons (Fsp3) is 0.188. The van der Waals surface area contributed by atoms with Gasteiger partial charge in [0.2, 0.25) is 5.91 Å². The van der Waals surface area contributed by atoms with Crippen LogP contribution >= 0.6 is 15.9 Å². The third-order valence-corrected chi connectivity index (χ3v) is 3.75. The minimum absolute atomic E-state index is 0.0696. The van der Waals surface area contributed by atoms with E-state index in [1.807, 2.05) is 30.3 Å². The first-order valence-corrected chi connectivity index (χ1v) is 7.27. The molecule has 0 saturated carbocycles. The molecule has 0 aliphatic carbocycles. The highest BCUT2D eigenvalue weighted by molar-refractivity contribution is 9.09. The smallest absolute Gasteiger partial charge is 0.224 e. The maximum Gasteiger partial charge on any atom is 0.224 e. The molecule has 0 bridgehead atoms. The molecule has 1 N–H and O–H groups in total. The number of hydrogen-bond acceptors (Lipinski definition) is 1. The van der Waals surface area contributed by atoms with Crippen LogP contribution in [0.3, 0.4) is 0 Å². The Hall–Kier alpha value is -1.68. The van der Waals surface area contributed by atoms with Crippen molar-refractivity contribution in [1.82, 2.24) is 5.32 Å². The van der Waals surface area contributed by atoms with Gasteiger partial charge in [-0.15, -0.1) is 0 Å². The quantitative estimate of drug-likeness (QED) is 0.830. The highest BCUT2D eigenvalue weighted by atomic mass is 79.9. The van der Waals surface area contributed by atoms with Crippen molar-refractivity contribution in [3.63, 3.8) is 0 Å². The Balaban J connectivity index is 1.83. The third-order valence-electron chi connectivity index (χ3n) is 2.89. The minimum Gasteiger partial charge on any atom is -0.354 e. The number of amides is 1. The van der Waals surface area contributed by atoms with Crippen LogP contribution in [-0.4, -0.2) is 12.5 Å². The molecule has 1 atom stereocenters. The largest absolute Gasteiger partial charge is 0.354 e. The molecule has 104 valence electrons. The van der Waals surface area contributed by atoms with Crippen molar-refractivity contribution in [3.8, 4) is 0 Å². The first-order chi connectivity index (χ1) is 9.65. The van der Waals surface area contributed by atoms with Gasteiger partial charge < -0.3 is 5.32 Å². The number of benzene rings is 2. The van der Waals surface area contributed by atoms with Gasteiger partial charge in [-0.2, -0.15) is 0 Å². The zero-order valence-corrected chi connectivity index (χ0v) is 12.4. The summed E-state index contributed by atoms with van der Waals surface area (Å²) in [5, 5.41) is 2.84. The van der Waals surface area contributed by atoms with Crippen molar-refractivity contribution in [1.29, 1.82) is 0 Å². The van der Waals surface area contributed by atoms with E-state index in [0.29, 0.717) is 12.1 Å². The highest BCUT2D eigenvalue weighted by Crippen LogP contribution is 2.20. The monoisotopic (exact) mass is 335 g/mol. The normalized spacial score (nSPS) is 11.9. The zero-order valence-electron chi connectivity index (χ0n) is 10.9. The van der Waals surface area contributed by atoms with E-state index < -0.39 is 0 Å². The summed E-state index contributed by atoms with van der Waals surface area (Å²) in [4.78, 5) is 11.9. The van der Waals surface area contributed by atoms with Crippen LogP contribution in [0.15, 0.2) is 54.6 Å². The van der Waals surface area contributed by atoms with Crippen molar-refractivity contribution in [2.75, 3.05) is 6.54 Å². The molecule has 20 heavy (non-hydrogen) atoms. The summed E-state index contributed by atoms with van der Waals surface area (Å²) in [5.41, 5.74) is 1.78. The predicted octanol–water partition coefficient (Wildman–Crippen LogP) is 3.62. The van der Waals surface area contributed by atoms with Crippen molar-refractivity contribution >= 4 is 21.8 Å². The van der Waals surface area contributed by atoms with E-state index in [0.717, 1.165) is 5.56 Å². The zero-order chi connectivity index (χ0) is 14.4. The molecular formula is C16H15BrFNO. The van der Waals surface area contributed by atoms with Gasteiger partial charge in [-0.3, -0.25) is 4.79 Å². The lowest BCUT2D eigenvalue weighted by Crippen LogP contribution is -2.28. The van der Waals surface area contributed by atoms with Gasteiger partial charge in [-0.25, -0.2) is 4.39 Å². The van der Waals surface area contributed by atoms with Crippen LogP contribution in [0, 0.1) is 5.82 Å². The molecule has 2 nitrogen and oxygen atoms in total. The molecule has 2 aromatic carbocycles. The number of halogens is 2. The molecule has 0 aromatic heterocycles. The fourth-order valence-electron chi connectivity index (χ4n) is 1.88. The predicted molar refractivity (Wildman–Crippen MR) is 81.2 cm³/mol. The molecule has 4 heteroatoms. The fourth-order valence-corrected chi connectivity index (χ4v) is 2.35. The second-order valence-electron chi connectivity index (χ2n) is 4.49. The lowest BCUT2D eigenvalue weighted by molar-refractivity contribution is -0.120. The Morgan fingerprint density at radius 2 is 1.90 bits per heavy atom. The molecule has 0 aliphatic rings. The summed E-state index contributed by atoms with van der Waals surface area (Å²) in [6.45, 7) is 0.498. The number of nitrogens with one attached hydrogen (secondary N) is 1. The molecule has 2 aromatic rings. The van der Waals surface area contributed by atoms with Crippen molar-refractivity contribution in [2.24, 2.45) is 0 Å². The lowest BCUT2D eigenvalue weighted by atomic mass is 10.1. The Morgan fingerprint density at radius 1 is 1.15 bits per heavy atom. The van der Waals surface area contributed by atoms with Gasteiger partial charge >= 0.3 is 0 Å². The summed E-state index contributed by atoms with van der Waals surface area (Å²) in [6, 6.07) is 16.0. The van der Waals surface area contributed by atoms with Gasteiger partial charge in [0.1, 0.15) is 5.82 Å². The SMILES string of the molecule is O=C(Cc1cccc(F)c1)NCC(Br)c1ccccc1. The number of hydrogen-bond donors (Lipinski definition) is 1. The van der Waals surface area contributed by atoms with Gasteiger partial charge in [-0.05, 0) is 23.3 Å². The van der Waals surface area contributed by atoms with E-state index in [9.17, 15) is 9.18 Å². The standard InChI is InChI=1S/C16H15BrFNO/c17-15(13-6-2-1-3-7-13)11-19-16(20)10-12-5-4-8-14(18)9-12/h1-9,15H,10-11H2,(H,19,20). The van der Waals surface area contributed by atoms with E-state index >= 15 is 0 Å². The number of carbonyl (C=O) groups excluding carboxylic acids is 1.